The molecule has 1 aliphatic rings. The largest absolute Gasteiger partial charge is 0.480 e. The fraction of sp³-hybridized carbons (Fsp3) is 0.720. The first-order valence-electron chi connectivity index (χ1n) is 13.9. The van der Waals surface area contributed by atoms with E-state index in [0.717, 1.165) is 0 Å². The van der Waals surface area contributed by atoms with E-state index >= 15 is 0 Å². The third-order valence-corrected chi connectivity index (χ3v) is 7.12. The maximum absolute atomic E-state index is 13.3. The standard InChI is InChI=1S/C25H45N9O8S/c1-12(2)18(33-20(37)16(10-35)32-19(36)14(26)11-43)22(39)30-13(3)23(40)34-9-5-7-17(34)21(38)31-15(24(41)42)6-4-8-29-25(27)28/h12-18,35,43H,4-11,26H2,1-3H3,(H,30,39)(H,31,38)(H,32,36)(H,33,37)(H,41,42)(H4,27,28,29)/t13-,14-,15-,16-,17-,18-/m0/s1. The number of aliphatic carboxylic acids is 1. The van der Waals surface area contributed by atoms with Crippen LogP contribution in [0, 0.1) is 5.92 Å². The topological polar surface area (TPSA) is 285 Å². The molecule has 1 aliphatic heterocycles. The van der Waals surface area contributed by atoms with Crippen molar-refractivity contribution < 1.29 is 39.0 Å². The van der Waals surface area contributed by atoms with E-state index < -0.39 is 84.3 Å². The molecule has 1 fully saturated rings. The van der Waals surface area contributed by atoms with Crippen LogP contribution in [0.25, 0.3) is 0 Å². The average molecular weight is 632 g/mol. The maximum Gasteiger partial charge on any atom is 0.326 e. The number of likely N-dealkylation sites (tertiary alicyclic amines) is 1. The highest BCUT2D eigenvalue weighted by Gasteiger charge is 2.38. The van der Waals surface area contributed by atoms with Gasteiger partial charge in [-0.15, -0.1) is 0 Å². The fourth-order valence-electron chi connectivity index (χ4n) is 4.29. The second-order valence-corrected chi connectivity index (χ2v) is 10.9. The molecule has 0 saturated carbocycles. The van der Waals surface area contributed by atoms with Crippen LogP contribution in [-0.4, -0.2) is 118 Å². The van der Waals surface area contributed by atoms with Gasteiger partial charge in [0.1, 0.15) is 30.2 Å². The predicted molar refractivity (Wildman–Crippen MR) is 159 cm³/mol. The Morgan fingerprint density at radius 3 is 2.16 bits per heavy atom. The summed E-state index contributed by atoms with van der Waals surface area (Å²) in [6.07, 6.45) is 1.15. The second-order valence-electron chi connectivity index (χ2n) is 10.5. The highest BCUT2D eigenvalue weighted by atomic mass is 32.1. The van der Waals surface area contributed by atoms with Crippen molar-refractivity contribution in [2.24, 2.45) is 28.1 Å². The summed E-state index contributed by atoms with van der Waals surface area (Å²) in [7, 11) is 0. The van der Waals surface area contributed by atoms with Gasteiger partial charge < -0.3 is 53.6 Å². The minimum absolute atomic E-state index is 0.00884. The highest BCUT2D eigenvalue weighted by Crippen LogP contribution is 2.19. The summed E-state index contributed by atoms with van der Waals surface area (Å²) < 4.78 is 0. The minimum Gasteiger partial charge on any atom is -0.480 e. The molecule has 0 aromatic heterocycles. The molecular formula is C25H45N9O8S. The highest BCUT2D eigenvalue weighted by molar-refractivity contribution is 7.80. The number of carbonyl (C=O) groups excluding carboxylic acids is 5. The van der Waals surface area contributed by atoms with Gasteiger partial charge in [0.25, 0.3) is 0 Å². The number of aliphatic hydroxyl groups excluding tert-OH is 1. The van der Waals surface area contributed by atoms with Crippen LogP contribution < -0.4 is 38.5 Å². The molecule has 6 atom stereocenters. The van der Waals surface area contributed by atoms with Crippen LogP contribution in [0.15, 0.2) is 4.99 Å². The van der Waals surface area contributed by atoms with Crippen LogP contribution in [0.2, 0.25) is 0 Å². The third kappa shape index (κ3) is 11.9. The number of thiol groups is 1. The number of carboxylic acid groups (broad SMARTS) is 1. The molecule has 5 amide bonds. The molecule has 244 valence electrons. The van der Waals surface area contributed by atoms with Crippen molar-refractivity contribution in [2.75, 3.05) is 25.4 Å². The predicted octanol–water partition coefficient (Wildman–Crippen LogP) is -4.02. The van der Waals surface area contributed by atoms with Crippen molar-refractivity contribution in [2.45, 2.75) is 82.7 Å². The van der Waals surface area contributed by atoms with Crippen molar-refractivity contribution in [3.63, 3.8) is 0 Å². The summed E-state index contributed by atoms with van der Waals surface area (Å²) in [4.78, 5) is 80.8. The van der Waals surface area contributed by atoms with Gasteiger partial charge in [0.15, 0.2) is 5.96 Å². The van der Waals surface area contributed by atoms with Gasteiger partial charge >= 0.3 is 5.97 Å². The number of hydrogen-bond donors (Lipinski definition) is 10. The van der Waals surface area contributed by atoms with E-state index in [0.29, 0.717) is 19.3 Å². The van der Waals surface area contributed by atoms with Crippen molar-refractivity contribution in [1.82, 2.24) is 26.2 Å². The fourth-order valence-corrected chi connectivity index (χ4v) is 4.46. The molecule has 17 nitrogen and oxygen atoms in total. The van der Waals surface area contributed by atoms with Gasteiger partial charge in [-0.05, 0) is 38.5 Å². The SMILES string of the molecule is CC(C)[C@H](NC(=O)[C@H](CO)NC(=O)[C@@H](N)CS)C(=O)N[C@@H](C)C(=O)N1CCC[C@H]1C(=O)N[C@@H](CCCN=C(N)N)C(=O)O. The molecule has 0 aromatic rings. The minimum atomic E-state index is -1.38. The Morgan fingerprint density at radius 1 is 0.977 bits per heavy atom. The first-order valence-corrected chi connectivity index (χ1v) is 14.5. The van der Waals surface area contributed by atoms with Gasteiger partial charge in [0.2, 0.25) is 29.5 Å². The number of rotatable bonds is 17. The van der Waals surface area contributed by atoms with E-state index in [1.807, 2.05) is 0 Å². The number of carbonyl (C=O) groups is 6. The lowest BCUT2D eigenvalue weighted by molar-refractivity contribution is -0.145. The van der Waals surface area contributed by atoms with Crippen LogP contribution in [0.5, 0.6) is 0 Å². The van der Waals surface area contributed by atoms with Gasteiger partial charge in [0, 0.05) is 18.8 Å². The van der Waals surface area contributed by atoms with E-state index in [2.05, 4.69) is 38.9 Å². The molecule has 0 spiro atoms. The number of amides is 5. The number of nitrogens with zero attached hydrogens (tertiary/aromatic N) is 2. The average Bonchev–Trinajstić information content (AvgIpc) is 3.44. The van der Waals surface area contributed by atoms with E-state index in [-0.39, 0.29) is 31.2 Å². The number of guanidine groups is 1. The summed E-state index contributed by atoms with van der Waals surface area (Å²) in [5.41, 5.74) is 16.1. The first-order chi connectivity index (χ1) is 20.1. The van der Waals surface area contributed by atoms with Crippen LogP contribution in [0.1, 0.15) is 46.5 Å². The van der Waals surface area contributed by atoms with Gasteiger partial charge in [-0.1, -0.05) is 13.8 Å². The molecule has 0 bridgehead atoms. The lowest BCUT2D eigenvalue weighted by Gasteiger charge is -2.30. The lowest BCUT2D eigenvalue weighted by atomic mass is 10.0. The van der Waals surface area contributed by atoms with Crippen molar-refractivity contribution >= 4 is 54.1 Å². The van der Waals surface area contributed by atoms with E-state index in [1.165, 1.54) is 11.8 Å². The van der Waals surface area contributed by atoms with Gasteiger partial charge in [-0.25, -0.2) is 4.79 Å². The molecule has 0 aliphatic carbocycles. The number of aliphatic hydroxyl groups is 1. The summed E-state index contributed by atoms with van der Waals surface area (Å²) in [5.74, 6) is -5.28. The van der Waals surface area contributed by atoms with Gasteiger partial charge in [-0.2, -0.15) is 12.6 Å². The van der Waals surface area contributed by atoms with Crippen molar-refractivity contribution in [3.05, 3.63) is 0 Å². The van der Waals surface area contributed by atoms with E-state index in [4.69, 9.17) is 17.2 Å². The molecule has 0 aromatic carbocycles. The van der Waals surface area contributed by atoms with E-state index in [1.54, 1.807) is 13.8 Å². The molecule has 12 N–H and O–H groups in total. The molecule has 1 saturated heterocycles. The molecule has 1 heterocycles. The van der Waals surface area contributed by atoms with Gasteiger partial charge in [0.05, 0.1) is 12.6 Å². The summed E-state index contributed by atoms with van der Waals surface area (Å²) in [6.45, 7) is 4.37. The van der Waals surface area contributed by atoms with Gasteiger partial charge in [-0.3, -0.25) is 29.0 Å². The molecule has 18 heteroatoms. The number of aliphatic imine (C=N–C) groups is 1. The number of hydrogen-bond acceptors (Lipinski definition) is 10. The van der Waals surface area contributed by atoms with Crippen molar-refractivity contribution in [1.29, 1.82) is 0 Å². The number of nitrogens with one attached hydrogen (secondary N) is 4. The summed E-state index contributed by atoms with van der Waals surface area (Å²) >= 11 is 3.92. The zero-order valence-electron chi connectivity index (χ0n) is 24.6. The van der Waals surface area contributed by atoms with Crippen LogP contribution in [0.4, 0.5) is 0 Å². The lowest BCUT2D eigenvalue weighted by Crippen LogP contribution is -2.60. The Bertz CT molecular complexity index is 1040. The first kappa shape index (κ1) is 37.4. The summed E-state index contributed by atoms with van der Waals surface area (Å²) in [6, 6.07) is -6.78. The molecule has 43 heavy (non-hydrogen) atoms. The smallest absolute Gasteiger partial charge is 0.326 e. The molecule has 1 rings (SSSR count). The maximum atomic E-state index is 13.3. The van der Waals surface area contributed by atoms with Crippen LogP contribution >= 0.6 is 12.6 Å². The Balaban J connectivity index is 2.86. The van der Waals surface area contributed by atoms with Crippen LogP contribution in [-0.2, 0) is 28.8 Å². The zero-order chi connectivity index (χ0) is 32.9. The Hall–Kier alpha value is -3.64. The quantitative estimate of drug-likeness (QED) is 0.0319. The normalized spacial score (nSPS) is 18.0. The Labute approximate surface area is 255 Å². The van der Waals surface area contributed by atoms with Crippen molar-refractivity contribution in [3.8, 4) is 0 Å². The van der Waals surface area contributed by atoms with Crippen LogP contribution in [0.3, 0.4) is 0 Å². The Morgan fingerprint density at radius 2 is 1.63 bits per heavy atom. The summed E-state index contributed by atoms with van der Waals surface area (Å²) in [5, 5.41) is 28.9. The molecular weight excluding hydrogens is 586 g/mol. The molecule has 0 radical (unpaired) electrons. The molecule has 0 unspecified atom stereocenters. The zero-order valence-corrected chi connectivity index (χ0v) is 25.5. The second kappa shape index (κ2) is 18.1. The van der Waals surface area contributed by atoms with E-state index in [9.17, 15) is 39.0 Å². The monoisotopic (exact) mass is 631 g/mol. The third-order valence-electron chi connectivity index (χ3n) is 6.72. The Kier molecular flexibility index (Phi) is 15.8. The number of nitrogens with two attached hydrogens (primary N) is 3. The number of carboxylic acids is 1.